The molecule has 2 atom stereocenters. The SMILES string of the molecule is COCCC(=O)NC1CNCCC1c1ccc(F)c(F)c1. The summed E-state index contributed by atoms with van der Waals surface area (Å²) < 4.78 is 31.3. The van der Waals surface area contributed by atoms with E-state index in [0.29, 0.717) is 18.7 Å². The highest BCUT2D eigenvalue weighted by molar-refractivity contribution is 5.76. The summed E-state index contributed by atoms with van der Waals surface area (Å²) >= 11 is 0. The molecule has 0 radical (unpaired) electrons. The van der Waals surface area contributed by atoms with E-state index >= 15 is 0 Å². The molecule has 1 fully saturated rings. The number of amides is 1. The van der Waals surface area contributed by atoms with E-state index in [1.165, 1.54) is 6.07 Å². The predicted octanol–water partition coefficient (Wildman–Crippen LogP) is 1.56. The molecule has 1 aromatic carbocycles. The molecular formula is C15H20F2N2O2. The van der Waals surface area contributed by atoms with Crippen molar-refractivity contribution in [2.75, 3.05) is 26.8 Å². The molecule has 1 aromatic rings. The van der Waals surface area contributed by atoms with Crippen LogP contribution in [0.3, 0.4) is 0 Å². The topological polar surface area (TPSA) is 50.4 Å². The van der Waals surface area contributed by atoms with Crippen LogP contribution < -0.4 is 10.6 Å². The molecule has 0 saturated carbocycles. The number of methoxy groups -OCH3 is 1. The summed E-state index contributed by atoms with van der Waals surface area (Å²) in [6.45, 7) is 1.76. The van der Waals surface area contributed by atoms with Gasteiger partial charge in [0.1, 0.15) is 0 Å². The third-order valence-electron chi connectivity index (χ3n) is 3.73. The number of carbonyl (C=O) groups excluding carboxylic acids is 1. The fourth-order valence-corrected chi connectivity index (χ4v) is 2.63. The predicted molar refractivity (Wildman–Crippen MR) is 75.0 cm³/mol. The highest BCUT2D eigenvalue weighted by Gasteiger charge is 2.28. The molecule has 2 N–H and O–H groups in total. The van der Waals surface area contributed by atoms with Gasteiger partial charge >= 0.3 is 0 Å². The van der Waals surface area contributed by atoms with E-state index < -0.39 is 11.6 Å². The van der Waals surface area contributed by atoms with Crippen molar-refractivity contribution in [2.24, 2.45) is 0 Å². The van der Waals surface area contributed by atoms with Crippen molar-refractivity contribution in [1.29, 1.82) is 0 Å². The van der Waals surface area contributed by atoms with E-state index in [-0.39, 0.29) is 24.3 Å². The second-order valence-corrected chi connectivity index (χ2v) is 5.19. The molecule has 6 heteroatoms. The molecule has 0 bridgehead atoms. The molecule has 2 unspecified atom stereocenters. The Morgan fingerprint density at radius 3 is 2.95 bits per heavy atom. The summed E-state index contributed by atoms with van der Waals surface area (Å²) in [5, 5.41) is 6.15. The van der Waals surface area contributed by atoms with Gasteiger partial charge < -0.3 is 15.4 Å². The van der Waals surface area contributed by atoms with E-state index in [1.807, 2.05) is 0 Å². The monoisotopic (exact) mass is 298 g/mol. The lowest BCUT2D eigenvalue weighted by molar-refractivity contribution is -0.122. The van der Waals surface area contributed by atoms with Crippen molar-refractivity contribution in [3.63, 3.8) is 0 Å². The van der Waals surface area contributed by atoms with Gasteiger partial charge in [0.2, 0.25) is 5.91 Å². The van der Waals surface area contributed by atoms with Crippen LogP contribution in [0.4, 0.5) is 8.78 Å². The van der Waals surface area contributed by atoms with Crippen LogP contribution >= 0.6 is 0 Å². The normalized spacial score (nSPS) is 22.0. The van der Waals surface area contributed by atoms with Crippen molar-refractivity contribution >= 4 is 5.91 Å². The lowest BCUT2D eigenvalue weighted by Crippen LogP contribution is -2.50. The molecule has 1 saturated heterocycles. The van der Waals surface area contributed by atoms with Crippen molar-refractivity contribution in [2.45, 2.75) is 24.8 Å². The third kappa shape index (κ3) is 4.22. The molecule has 1 aliphatic rings. The molecule has 21 heavy (non-hydrogen) atoms. The first-order valence-electron chi connectivity index (χ1n) is 7.05. The fourth-order valence-electron chi connectivity index (χ4n) is 2.63. The van der Waals surface area contributed by atoms with E-state index in [0.717, 1.165) is 19.0 Å². The minimum atomic E-state index is -0.853. The Labute approximate surface area is 122 Å². The molecule has 4 nitrogen and oxygen atoms in total. The zero-order valence-electron chi connectivity index (χ0n) is 12.0. The number of rotatable bonds is 5. The molecule has 1 heterocycles. The number of piperidine rings is 1. The van der Waals surface area contributed by atoms with Crippen LogP contribution in [0.15, 0.2) is 18.2 Å². The molecule has 1 amide bonds. The average molecular weight is 298 g/mol. The van der Waals surface area contributed by atoms with E-state index in [2.05, 4.69) is 10.6 Å². The smallest absolute Gasteiger partial charge is 0.222 e. The quantitative estimate of drug-likeness (QED) is 0.867. The zero-order valence-corrected chi connectivity index (χ0v) is 12.0. The number of hydrogen-bond acceptors (Lipinski definition) is 3. The van der Waals surface area contributed by atoms with Crippen molar-refractivity contribution in [3.8, 4) is 0 Å². The van der Waals surface area contributed by atoms with Crippen molar-refractivity contribution < 1.29 is 18.3 Å². The molecule has 2 rings (SSSR count). The van der Waals surface area contributed by atoms with Gasteiger partial charge in [0.15, 0.2) is 11.6 Å². The number of ether oxygens (including phenoxy) is 1. The first kappa shape index (κ1) is 15.9. The summed E-state index contributed by atoms with van der Waals surface area (Å²) in [7, 11) is 1.54. The van der Waals surface area contributed by atoms with Gasteiger partial charge in [-0.3, -0.25) is 4.79 Å². The Hall–Kier alpha value is -1.53. The summed E-state index contributed by atoms with van der Waals surface area (Å²) in [6.07, 6.45) is 1.05. The maximum Gasteiger partial charge on any atom is 0.222 e. The molecular weight excluding hydrogens is 278 g/mol. The summed E-state index contributed by atoms with van der Waals surface area (Å²) in [6, 6.07) is 3.81. The Kier molecular flexibility index (Phi) is 5.64. The van der Waals surface area contributed by atoms with Gasteiger partial charge in [0.25, 0.3) is 0 Å². The van der Waals surface area contributed by atoms with E-state index in [4.69, 9.17) is 4.74 Å². The molecule has 0 aromatic heterocycles. The van der Waals surface area contributed by atoms with E-state index in [1.54, 1.807) is 13.2 Å². The minimum absolute atomic E-state index is 0.0205. The number of halogens is 2. The molecule has 0 spiro atoms. The second kappa shape index (κ2) is 7.47. The maximum absolute atomic E-state index is 13.4. The lowest BCUT2D eigenvalue weighted by atomic mass is 9.86. The van der Waals surface area contributed by atoms with Crippen LogP contribution in [0.2, 0.25) is 0 Å². The zero-order chi connectivity index (χ0) is 15.2. The first-order valence-corrected chi connectivity index (χ1v) is 7.05. The fraction of sp³-hybridized carbons (Fsp3) is 0.533. The van der Waals surface area contributed by atoms with Gasteiger partial charge in [-0.25, -0.2) is 8.78 Å². The Balaban J connectivity index is 2.07. The van der Waals surface area contributed by atoms with Crippen LogP contribution in [0, 0.1) is 11.6 Å². The average Bonchev–Trinajstić information content (AvgIpc) is 2.48. The maximum atomic E-state index is 13.4. The second-order valence-electron chi connectivity index (χ2n) is 5.19. The third-order valence-corrected chi connectivity index (χ3v) is 3.73. The summed E-state index contributed by atoms with van der Waals surface area (Å²) in [4.78, 5) is 11.8. The Morgan fingerprint density at radius 1 is 1.43 bits per heavy atom. The van der Waals surface area contributed by atoms with Crippen LogP contribution in [0.25, 0.3) is 0 Å². The van der Waals surface area contributed by atoms with Gasteiger partial charge in [-0.2, -0.15) is 0 Å². The van der Waals surface area contributed by atoms with Gasteiger partial charge in [0.05, 0.1) is 6.61 Å². The highest BCUT2D eigenvalue weighted by atomic mass is 19.2. The first-order chi connectivity index (χ1) is 10.1. The lowest BCUT2D eigenvalue weighted by Gasteiger charge is -2.33. The molecule has 1 aliphatic heterocycles. The summed E-state index contributed by atoms with van der Waals surface area (Å²) in [5.41, 5.74) is 0.715. The Bertz CT molecular complexity index is 497. The highest BCUT2D eigenvalue weighted by Crippen LogP contribution is 2.27. The van der Waals surface area contributed by atoms with Crippen molar-refractivity contribution in [3.05, 3.63) is 35.4 Å². The number of benzene rings is 1. The van der Waals surface area contributed by atoms with Crippen LogP contribution in [0.5, 0.6) is 0 Å². The largest absolute Gasteiger partial charge is 0.384 e. The van der Waals surface area contributed by atoms with Crippen LogP contribution in [-0.2, 0) is 9.53 Å². The standard InChI is InChI=1S/C15H20F2N2O2/c1-21-7-5-15(20)19-14-9-18-6-4-11(14)10-2-3-12(16)13(17)8-10/h2-3,8,11,14,18H,4-7,9H2,1H3,(H,19,20). The minimum Gasteiger partial charge on any atom is -0.384 e. The van der Waals surface area contributed by atoms with Gasteiger partial charge in [-0.05, 0) is 30.7 Å². The van der Waals surface area contributed by atoms with Gasteiger partial charge in [0, 0.05) is 32.0 Å². The Morgan fingerprint density at radius 2 is 2.24 bits per heavy atom. The van der Waals surface area contributed by atoms with E-state index in [9.17, 15) is 13.6 Å². The van der Waals surface area contributed by atoms with Crippen molar-refractivity contribution in [1.82, 2.24) is 10.6 Å². The summed E-state index contributed by atoms with van der Waals surface area (Å²) in [5.74, 6) is -1.82. The molecule has 0 aliphatic carbocycles. The van der Waals surface area contributed by atoms with Gasteiger partial charge in [-0.15, -0.1) is 0 Å². The number of carbonyl (C=O) groups is 1. The molecule has 116 valence electrons. The van der Waals surface area contributed by atoms with Crippen LogP contribution in [-0.4, -0.2) is 38.8 Å². The number of nitrogens with one attached hydrogen (secondary N) is 2. The van der Waals surface area contributed by atoms with Crippen LogP contribution in [0.1, 0.15) is 24.3 Å². The van der Waals surface area contributed by atoms with Gasteiger partial charge in [-0.1, -0.05) is 6.07 Å². The number of hydrogen-bond donors (Lipinski definition) is 2.